The van der Waals surface area contributed by atoms with Crippen LogP contribution in [0.5, 0.6) is 0 Å². The van der Waals surface area contributed by atoms with E-state index in [1.54, 1.807) is 31.0 Å². The fourth-order valence-electron chi connectivity index (χ4n) is 16.8. The van der Waals surface area contributed by atoms with Gasteiger partial charge in [0, 0.05) is 118 Å². The molecule has 0 spiro atoms. The zero-order valence-corrected chi connectivity index (χ0v) is 76.2. The summed E-state index contributed by atoms with van der Waals surface area (Å²) in [6.45, 7) is 5.41. The Balaban J connectivity index is 0.946. The van der Waals surface area contributed by atoms with E-state index in [-0.39, 0.29) is 109 Å². The first-order valence-electron chi connectivity index (χ1n) is 46.7. The van der Waals surface area contributed by atoms with Gasteiger partial charge >= 0.3 is 0 Å². The second-order valence-corrected chi connectivity index (χ2v) is 34.8. The summed E-state index contributed by atoms with van der Waals surface area (Å²) in [6.07, 6.45) is 13.8. The Morgan fingerprint density at radius 1 is 0.248 bits per heavy atom. The van der Waals surface area contributed by atoms with Crippen molar-refractivity contribution in [3.8, 4) is 0 Å². The second-order valence-electron chi connectivity index (χ2n) is 34.8. The number of carbonyl (C=O) groups is 12. The molecule has 0 aliphatic heterocycles. The van der Waals surface area contributed by atoms with Crippen LogP contribution in [-0.2, 0) is 89.6 Å². The molecule has 10 rings (SSSR count). The predicted molar refractivity (Wildman–Crippen MR) is 515 cm³/mol. The van der Waals surface area contributed by atoms with Crippen LogP contribution in [0.1, 0.15) is 164 Å². The highest BCUT2D eigenvalue weighted by Gasteiger charge is 2.39. The summed E-state index contributed by atoms with van der Waals surface area (Å²) >= 11 is 0. The van der Waals surface area contributed by atoms with E-state index < -0.39 is 143 Å². The van der Waals surface area contributed by atoms with Crippen molar-refractivity contribution in [2.45, 2.75) is 240 Å². The molecule has 0 saturated heterocycles. The van der Waals surface area contributed by atoms with Crippen molar-refractivity contribution in [3.05, 3.63) is 180 Å². The second kappa shape index (κ2) is 52.4. The molecule has 0 aliphatic rings. The number of amides is 12. The number of benzene rings is 5. The van der Waals surface area contributed by atoms with Crippen molar-refractivity contribution in [2.24, 2.45) is 51.8 Å². The molecular weight excluding hydrogens is 1690 g/mol. The van der Waals surface area contributed by atoms with Crippen LogP contribution < -0.4 is 104 Å². The lowest BCUT2D eigenvalue weighted by atomic mass is 9.99. The van der Waals surface area contributed by atoms with Gasteiger partial charge in [0.1, 0.15) is 66.5 Å². The van der Waals surface area contributed by atoms with E-state index in [1.165, 1.54) is 0 Å². The number of hydrogen-bond acceptors (Lipinski definition) is 19. The molecule has 32 N–H and O–H groups in total. The fraction of sp³-hybridized carbons (Fsp3) is 0.464. The van der Waals surface area contributed by atoms with Crippen molar-refractivity contribution in [1.29, 1.82) is 0 Å². The minimum atomic E-state index is -1.53. The summed E-state index contributed by atoms with van der Waals surface area (Å²) in [5.41, 5.74) is 54.6. The van der Waals surface area contributed by atoms with Gasteiger partial charge in [-0.15, -0.1) is 0 Å². The van der Waals surface area contributed by atoms with Gasteiger partial charge in [-0.25, -0.2) is 0 Å². The molecular formula is C97H136N24O12. The Kier molecular flexibility index (Phi) is 40.3. The first-order chi connectivity index (χ1) is 64.3. The molecule has 12 atom stereocenters. The number of rotatable bonds is 59. The number of fused-ring (bicyclic) bond motifs is 5. The van der Waals surface area contributed by atoms with Gasteiger partial charge in [0.25, 0.3) is 0 Å². The summed E-state index contributed by atoms with van der Waals surface area (Å²) in [5.74, 6) is -9.38. The smallest absolute Gasteiger partial charge is 0.243 e. The maximum absolute atomic E-state index is 15.9. The summed E-state index contributed by atoms with van der Waals surface area (Å²) in [7, 11) is 0. The molecule has 5 aromatic heterocycles. The summed E-state index contributed by atoms with van der Waals surface area (Å²) in [5, 5.41) is 35.6. The minimum Gasteiger partial charge on any atom is -0.368 e. The lowest BCUT2D eigenvalue weighted by molar-refractivity contribution is -0.136. The van der Waals surface area contributed by atoms with Crippen molar-refractivity contribution in [2.75, 3.05) is 39.3 Å². The highest BCUT2D eigenvalue weighted by atomic mass is 16.2. The van der Waals surface area contributed by atoms with E-state index in [0.717, 1.165) is 21.8 Å². The van der Waals surface area contributed by atoms with Crippen molar-refractivity contribution in [3.63, 3.8) is 0 Å². The number of para-hydroxylation sites is 5. The molecule has 133 heavy (non-hydrogen) atoms. The molecule has 5 aromatic carbocycles. The number of aromatic amines is 5. The molecule has 36 heteroatoms. The highest BCUT2D eigenvalue weighted by Crippen LogP contribution is 2.27. The maximum atomic E-state index is 15.9. The van der Waals surface area contributed by atoms with Crippen LogP contribution in [0, 0.1) is 5.92 Å². The molecule has 0 saturated carbocycles. The summed E-state index contributed by atoms with van der Waals surface area (Å²) in [4.78, 5) is 196. The Labute approximate surface area is 774 Å². The van der Waals surface area contributed by atoms with E-state index >= 15 is 38.4 Å². The summed E-state index contributed by atoms with van der Waals surface area (Å²) in [6, 6.07) is 20.9. The lowest BCUT2D eigenvalue weighted by Gasteiger charge is -2.29. The Hall–Kier alpha value is -12.8. The topological polar surface area (TPSA) is 624 Å². The van der Waals surface area contributed by atoms with Crippen LogP contribution in [0.2, 0.25) is 0 Å². The minimum absolute atomic E-state index is 0.00921. The number of aromatic nitrogens is 5. The van der Waals surface area contributed by atoms with Crippen molar-refractivity contribution in [1.82, 2.24) is 83.4 Å². The molecule has 0 fully saturated rings. The number of nitrogens with two attached hydrogens (primary N) is 8. The van der Waals surface area contributed by atoms with Gasteiger partial charge in [-0.05, 0) is 219 Å². The molecule has 0 aliphatic carbocycles. The Morgan fingerprint density at radius 2 is 0.436 bits per heavy atom. The Bertz CT molecular complexity index is 5500. The summed E-state index contributed by atoms with van der Waals surface area (Å²) < 4.78 is 0. The van der Waals surface area contributed by atoms with Crippen LogP contribution >= 0.6 is 0 Å². The molecule has 5 heterocycles. The van der Waals surface area contributed by atoms with E-state index in [0.29, 0.717) is 151 Å². The third-order valence-corrected chi connectivity index (χ3v) is 24.2. The van der Waals surface area contributed by atoms with Gasteiger partial charge in [-0.2, -0.15) is 0 Å². The van der Waals surface area contributed by atoms with E-state index in [1.807, 2.05) is 135 Å². The van der Waals surface area contributed by atoms with Gasteiger partial charge in [-0.1, -0.05) is 111 Å². The lowest BCUT2D eigenvalue weighted by Crippen LogP contribution is -2.61. The average molecular weight is 1830 g/mol. The first kappa shape index (κ1) is 102. The molecule has 36 nitrogen and oxygen atoms in total. The predicted octanol–water partition coefficient (Wildman–Crippen LogP) is 3.57. The van der Waals surface area contributed by atoms with Gasteiger partial charge in [-0.3, -0.25) is 57.5 Å². The number of carbonyl (C=O) groups excluding carboxylic acids is 12. The zero-order valence-electron chi connectivity index (χ0n) is 76.2. The molecule has 716 valence electrons. The number of primary amides is 1. The quantitative estimate of drug-likeness (QED) is 0.0242. The number of nitrogens with one attached hydrogen (secondary N) is 16. The molecule has 12 amide bonds. The average Bonchev–Trinajstić information content (AvgIpc) is 1.71. The van der Waals surface area contributed by atoms with Crippen LogP contribution in [0.4, 0.5) is 0 Å². The molecule has 0 radical (unpaired) electrons. The third kappa shape index (κ3) is 30.1. The van der Waals surface area contributed by atoms with Crippen molar-refractivity contribution >= 4 is 125 Å². The monoisotopic (exact) mass is 1830 g/mol. The Morgan fingerprint density at radius 3 is 0.669 bits per heavy atom. The molecule has 0 bridgehead atoms. The van der Waals surface area contributed by atoms with Gasteiger partial charge in [0.2, 0.25) is 70.9 Å². The maximum Gasteiger partial charge on any atom is 0.243 e. The molecule has 0 unspecified atom stereocenters. The van der Waals surface area contributed by atoms with Crippen LogP contribution in [0.3, 0.4) is 0 Å². The van der Waals surface area contributed by atoms with Crippen LogP contribution in [0.15, 0.2) is 152 Å². The van der Waals surface area contributed by atoms with E-state index in [9.17, 15) is 19.2 Å². The van der Waals surface area contributed by atoms with Gasteiger partial charge < -0.3 is 129 Å². The number of hydrogen-bond donors (Lipinski definition) is 24. The highest BCUT2D eigenvalue weighted by molar-refractivity contribution is 6.02. The number of H-pyrrole nitrogens is 5. The normalized spacial score (nSPS) is 14.3. The first-order valence-corrected chi connectivity index (χ1v) is 46.7. The molecule has 10 aromatic rings. The van der Waals surface area contributed by atoms with Crippen molar-refractivity contribution < 1.29 is 57.5 Å². The van der Waals surface area contributed by atoms with Crippen LogP contribution in [0.25, 0.3) is 54.5 Å². The van der Waals surface area contributed by atoms with Crippen LogP contribution in [-0.4, -0.2) is 208 Å². The van der Waals surface area contributed by atoms with E-state index in [2.05, 4.69) is 83.4 Å². The van der Waals surface area contributed by atoms with E-state index in [4.69, 9.17) is 45.9 Å². The standard InChI is InChI=1S/C97H136N24O12/c1-58(2)47-80(117-95(131)81(116-87(123)69(104)30-13-19-41-98)48-59-53-106-70-31-8-3-25-64(59)70)92(128)113-77(38-16-22-44-101)89(125)112-78(39-17-23-45-102)90(126)118-84(51-62-56-109-73-34-11-6-28-67(62)73)96(132)121-83(50-61-55-108-72-33-10-5-27-66(61)72)94(130)115-79(40-18-24-46-103)91(127)119-85(52-63-57-110-74-35-12-7-29-68(63)74)97(133)120-82(49-60-54-107-71-32-9-4-26-65(60)71)93(129)114-76(37-15-21-43-100)88(124)111-75(86(105)122)36-14-20-42-99/h3-12,25-29,31-35,53-58,69,75-85,106-110H,13-24,30,36-52,98-104H2,1-2H3,(H2,105,122)(H,111,124)(H,112,125)(H,113,128)(H,114,129)(H,115,130)(H,116,123)(H,117,131)(H,118,126)(H,119,127)(H,120,133)(H,121,132)/t69-,75-,76-,77-,78-,79-,80-,81-,82-,83-,84-,85-/m0/s1. The van der Waals surface area contributed by atoms with Gasteiger partial charge in [0.05, 0.1) is 6.04 Å². The third-order valence-electron chi connectivity index (χ3n) is 24.2. The zero-order chi connectivity index (χ0) is 95.3. The largest absolute Gasteiger partial charge is 0.368 e. The number of unbranched alkanes of at least 4 members (excludes halogenated alkanes) is 6. The SMILES string of the molecule is CC(C)C[C@H](NC(=O)[C@H](Cc1c[nH]c2ccccc12)NC(=O)[C@@H](N)CCCCN)C(=O)N[C@@H](CCCCN)C(=O)N[C@@H](CCCCN)C(=O)N[C@@H](Cc1c[nH]c2ccccc12)C(=O)N[C@@H](Cc1c[nH]c2ccccc12)C(=O)N[C@@H](CCCCN)C(=O)N[C@@H](Cc1c[nH]c2ccccc12)C(=O)N[C@@H](Cc1c[nH]c2ccccc12)C(=O)N[C@@H](CCCCN)C(=O)N[C@@H](CCCCN)C(N)=O. The van der Waals surface area contributed by atoms with Gasteiger partial charge in [0.15, 0.2) is 0 Å². The fourth-order valence-corrected chi connectivity index (χ4v) is 16.8.